The SMILES string of the molecule is NCC[PH+]=O.O=CO. The van der Waals surface area contributed by atoms with Gasteiger partial charge in [-0.2, -0.15) is 0 Å². The molecule has 0 spiro atoms. The lowest BCUT2D eigenvalue weighted by molar-refractivity contribution is -0.122. The van der Waals surface area contributed by atoms with Crippen LogP contribution in [0.4, 0.5) is 0 Å². The molecule has 5 heteroatoms. The third-order valence-corrected chi connectivity index (χ3v) is 0.739. The Labute approximate surface area is 48.9 Å². The van der Waals surface area contributed by atoms with E-state index in [0.717, 1.165) is 0 Å². The summed E-state index contributed by atoms with van der Waals surface area (Å²) in [4.78, 5) is 8.36. The molecule has 8 heavy (non-hydrogen) atoms. The molecule has 0 aliphatic rings. The molecule has 0 radical (unpaired) electrons. The first-order chi connectivity index (χ1) is 3.83. The smallest absolute Gasteiger partial charge is 0.326 e. The fraction of sp³-hybridized carbons (Fsp3) is 0.667. The summed E-state index contributed by atoms with van der Waals surface area (Å²) < 4.78 is 9.48. The van der Waals surface area contributed by atoms with E-state index in [1.807, 2.05) is 0 Å². The molecular formula is C3H9NO3P+. The largest absolute Gasteiger partial charge is 0.483 e. The molecule has 0 bridgehead atoms. The Kier molecular flexibility index (Phi) is 21.0. The Morgan fingerprint density at radius 2 is 2.12 bits per heavy atom. The van der Waals surface area contributed by atoms with E-state index in [9.17, 15) is 4.57 Å². The van der Waals surface area contributed by atoms with Crippen LogP contribution in [0, 0.1) is 0 Å². The zero-order chi connectivity index (χ0) is 6.83. The summed E-state index contributed by atoms with van der Waals surface area (Å²) in [6.45, 7) is 0.294. The zero-order valence-corrected chi connectivity index (χ0v) is 5.33. The Hall–Kier alpha value is -0.470. The average molecular weight is 138 g/mol. The van der Waals surface area contributed by atoms with Gasteiger partial charge < -0.3 is 10.8 Å². The standard InChI is InChI=1S/C2H6NOP.CH2O2/c3-1-2-5-4;2-1-3/h1-3H2;1H,(H,2,3)/p+1. The van der Waals surface area contributed by atoms with E-state index in [2.05, 4.69) is 0 Å². The number of nitrogens with two attached hydrogens (primary N) is 1. The Bertz CT molecular complexity index is 58.5. The van der Waals surface area contributed by atoms with Crippen LogP contribution in [0.5, 0.6) is 0 Å². The second-order valence-corrected chi connectivity index (χ2v) is 1.58. The molecule has 0 aromatic rings. The predicted octanol–water partition coefficient (Wildman–Crippen LogP) is -0.330. The van der Waals surface area contributed by atoms with Crippen LogP contribution in [0.15, 0.2) is 0 Å². The van der Waals surface area contributed by atoms with E-state index in [4.69, 9.17) is 15.6 Å². The molecule has 1 atom stereocenters. The molecule has 4 nitrogen and oxygen atoms in total. The fourth-order valence-electron chi connectivity index (χ4n) is 0.0589. The van der Waals surface area contributed by atoms with Crippen LogP contribution in [0.2, 0.25) is 0 Å². The first-order valence-electron chi connectivity index (χ1n) is 1.96. The number of hydrogen-bond acceptors (Lipinski definition) is 3. The van der Waals surface area contributed by atoms with Crippen LogP contribution in [-0.4, -0.2) is 24.3 Å². The number of rotatable bonds is 2. The summed E-state index contributed by atoms with van der Waals surface area (Å²) in [6.07, 6.45) is 0.639. The molecule has 0 fully saturated rings. The zero-order valence-electron chi connectivity index (χ0n) is 4.33. The van der Waals surface area contributed by atoms with Crippen molar-refractivity contribution in [3.05, 3.63) is 0 Å². The monoisotopic (exact) mass is 138 g/mol. The first-order valence-corrected chi connectivity index (χ1v) is 3.08. The molecule has 0 aromatic carbocycles. The van der Waals surface area contributed by atoms with Gasteiger partial charge in [0, 0.05) is 6.54 Å². The summed E-state index contributed by atoms with van der Waals surface area (Å²) in [7, 11) is -0.217. The van der Waals surface area contributed by atoms with Crippen LogP contribution >= 0.6 is 8.46 Å². The maximum atomic E-state index is 9.48. The lowest BCUT2D eigenvalue weighted by Gasteiger charge is -1.61. The van der Waals surface area contributed by atoms with Crippen LogP contribution in [0.25, 0.3) is 0 Å². The molecule has 1 unspecified atom stereocenters. The normalized spacial score (nSPS) is 7.12. The van der Waals surface area contributed by atoms with Crippen LogP contribution in [0.1, 0.15) is 0 Å². The summed E-state index contributed by atoms with van der Waals surface area (Å²) in [5, 5.41) is 6.89. The van der Waals surface area contributed by atoms with E-state index in [1.54, 1.807) is 0 Å². The summed E-state index contributed by atoms with van der Waals surface area (Å²) >= 11 is 0. The Balaban J connectivity index is 0. The molecule has 3 N–H and O–H groups in total. The van der Waals surface area contributed by atoms with Crippen molar-refractivity contribution >= 4 is 14.9 Å². The van der Waals surface area contributed by atoms with Gasteiger partial charge >= 0.3 is 8.46 Å². The quantitative estimate of drug-likeness (QED) is 0.404. The van der Waals surface area contributed by atoms with Gasteiger partial charge in [-0.3, -0.25) is 4.79 Å². The predicted molar refractivity (Wildman–Crippen MR) is 31.6 cm³/mol. The fourth-order valence-corrected chi connectivity index (χ4v) is 0.177. The Morgan fingerprint density at radius 1 is 1.75 bits per heavy atom. The number of hydrogen-bond donors (Lipinski definition) is 2. The minimum absolute atomic E-state index is 0.217. The van der Waals surface area contributed by atoms with Crippen molar-refractivity contribution in [3.8, 4) is 0 Å². The van der Waals surface area contributed by atoms with Gasteiger partial charge in [0.25, 0.3) is 6.47 Å². The van der Waals surface area contributed by atoms with Crippen molar-refractivity contribution in [2.75, 3.05) is 12.7 Å². The molecule has 0 saturated carbocycles. The van der Waals surface area contributed by atoms with E-state index in [0.29, 0.717) is 12.7 Å². The molecule has 0 aromatic heterocycles. The second-order valence-electron chi connectivity index (χ2n) is 0.788. The molecular weight excluding hydrogens is 129 g/mol. The minimum Gasteiger partial charge on any atom is -0.483 e. The molecule has 0 aliphatic heterocycles. The van der Waals surface area contributed by atoms with Crippen molar-refractivity contribution < 1.29 is 14.5 Å². The summed E-state index contributed by atoms with van der Waals surface area (Å²) in [5.74, 6) is 0. The van der Waals surface area contributed by atoms with E-state index in [-0.39, 0.29) is 14.9 Å². The third-order valence-electron chi connectivity index (χ3n) is 0.246. The van der Waals surface area contributed by atoms with Crippen molar-refractivity contribution in [2.45, 2.75) is 0 Å². The topological polar surface area (TPSA) is 80.4 Å². The van der Waals surface area contributed by atoms with Crippen molar-refractivity contribution in [3.63, 3.8) is 0 Å². The second kappa shape index (κ2) is 16.0. The highest BCUT2D eigenvalue weighted by atomic mass is 31.1. The van der Waals surface area contributed by atoms with Crippen LogP contribution in [-0.2, 0) is 9.36 Å². The van der Waals surface area contributed by atoms with Gasteiger partial charge in [0.15, 0.2) is 6.16 Å². The van der Waals surface area contributed by atoms with Crippen LogP contribution in [0.3, 0.4) is 0 Å². The van der Waals surface area contributed by atoms with E-state index < -0.39 is 0 Å². The average Bonchev–Trinajstić information content (AvgIpc) is 1.71. The maximum Gasteiger partial charge on any atom is 0.326 e. The van der Waals surface area contributed by atoms with Gasteiger partial charge in [0.1, 0.15) is 0 Å². The summed E-state index contributed by atoms with van der Waals surface area (Å²) in [6, 6.07) is 0. The van der Waals surface area contributed by atoms with Gasteiger partial charge in [-0.15, -0.1) is 0 Å². The van der Waals surface area contributed by atoms with Gasteiger partial charge in [0.05, 0.1) is 0 Å². The first kappa shape index (κ1) is 10.5. The highest BCUT2D eigenvalue weighted by Gasteiger charge is 1.78. The van der Waals surface area contributed by atoms with E-state index in [1.165, 1.54) is 0 Å². The lowest BCUT2D eigenvalue weighted by Crippen LogP contribution is -1.97. The van der Waals surface area contributed by atoms with E-state index >= 15 is 0 Å². The highest BCUT2D eigenvalue weighted by molar-refractivity contribution is 7.23. The minimum atomic E-state index is -0.250. The van der Waals surface area contributed by atoms with Crippen LogP contribution < -0.4 is 5.73 Å². The van der Waals surface area contributed by atoms with Gasteiger partial charge in [-0.05, 0) is 0 Å². The molecule has 0 rings (SSSR count). The molecule has 0 aliphatic carbocycles. The number of carboxylic acid groups (broad SMARTS) is 1. The highest BCUT2D eigenvalue weighted by Crippen LogP contribution is 1.82. The summed E-state index contributed by atoms with van der Waals surface area (Å²) in [5.41, 5.74) is 4.95. The molecule has 0 amide bonds. The van der Waals surface area contributed by atoms with Gasteiger partial charge in [-0.1, -0.05) is 4.57 Å². The third kappa shape index (κ3) is 48.5. The maximum absolute atomic E-state index is 9.48. The molecule has 48 valence electrons. The van der Waals surface area contributed by atoms with Gasteiger partial charge in [0.2, 0.25) is 0 Å². The van der Waals surface area contributed by atoms with Crippen molar-refractivity contribution in [1.29, 1.82) is 0 Å². The van der Waals surface area contributed by atoms with Crippen molar-refractivity contribution in [2.24, 2.45) is 5.73 Å². The van der Waals surface area contributed by atoms with Crippen molar-refractivity contribution in [1.82, 2.24) is 0 Å². The molecule has 0 saturated heterocycles. The lowest BCUT2D eigenvalue weighted by atomic mass is 10.8. The van der Waals surface area contributed by atoms with Gasteiger partial charge in [-0.25, -0.2) is 0 Å². The molecule has 0 heterocycles. The number of carbonyl (C=O) groups is 1. The Morgan fingerprint density at radius 3 is 2.12 bits per heavy atom.